The molecular formula is C15H23NO3S. The number of aliphatic hydroxyl groups excluding tert-OH is 1. The molecule has 112 valence electrons. The van der Waals surface area contributed by atoms with Crippen LogP contribution in [-0.4, -0.2) is 25.7 Å². The van der Waals surface area contributed by atoms with Crippen LogP contribution in [0.2, 0.25) is 0 Å². The minimum atomic E-state index is -3.57. The molecule has 1 saturated carbocycles. The third-order valence-corrected chi connectivity index (χ3v) is 5.56. The molecule has 2 N–H and O–H groups in total. The van der Waals surface area contributed by atoms with Crippen molar-refractivity contribution in [2.45, 2.75) is 63.0 Å². The summed E-state index contributed by atoms with van der Waals surface area (Å²) in [5.41, 5.74) is 1.77. The number of hydrogen-bond donors (Lipinski definition) is 2. The maximum absolute atomic E-state index is 12.5. The van der Waals surface area contributed by atoms with Crippen LogP contribution in [-0.2, 0) is 10.0 Å². The molecule has 1 aromatic rings. The van der Waals surface area contributed by atoms with Crippen LogP contribution in [0.15, 0.2) is 23.1 Å². The second-order valence-corrected chi connectivity index (χ2v) is 7.38. The average Bonchev–Trinajstić information content (AvgIpc) is 2.54. The lowest BCUT2D eigenvalue weighted by Gasteiger charge is -2.22. The zero-order chi connectivity index (χ0) is 14.8. The van der Waals surface area contributed by atoms with E-state index < -0.39 is 16.1 Å². The van der Waals surface area contributed by atoms with Gasteiger partial charge in [0.05, 0.1) is 11.0 Å². The topological polar surface area (TPSA) is 66.4 Å². The van der Waals surface area contributed by atoms with Gasteiger partial charge in [0.1, 0.15) is 0 Å². The van der Waals surface area contributed by atoms with Crippen molar-refractivity contribution in [1.82, 2.24) is 4.72 Å². The Bertz CT molecular complexity index is 568. The lowest BCUT2D eigenvalue weighted by molar-refractivity contribution is 0.130. The molecule has 0 amide bonds. The molecule has 0 heterocycles. The predicted octanol–water partition coefficient (Wildman–Crippen LogP) is 2.28. The van der Waals surface area contributed by atoms with Crippen molar-refractivity contribution in [3.05, 3.63) is 29.3 Å². The van der Waals surface area contributed by atoms with Crippen LogP contribution in [0.1, 0.15) is 43.2 Å². The Labute approximate surface area is 121 Å². The van der Waals surface area contributed by atoms with Crippen molar-refractivity contribution >= 4 is 10.0 Å². The maximum atomic E-state index is 12.5. The molecule has 2 rings (SSSR count). The van der Waals surface area contributed by atoms with Crippen molar-refractivity contribution in [1.29, 1.82) is 0 Å². The minimum absolute atomic E-state index is 0.305. The smallest absolute Gasteiger partial charge is 0.241 e. The van der Waals surface area contributed by atoms with Gasteiger partial charge in [0, 0.05) is 6.04 Å². The standard InChI is InChI=1S/C15H23NO3S/c1-11-8-9-15(12(2)10-11)20(18,19)16-13-6-4-3-5-7-14(13)17/h8-10,13-14,16-17H,3-7H2,1-2H3. The Morgan fingerprint density at radius 1 is 1.15 bits per heavy atom. The number of sulfonamides is 1. The van der Waals surface area contributed by atoms with Crippen LogP contribution in [0, 0.1) is 13.8 Å². The van der Waals surface area contributed by atoms with Gasteiger partial charge in [0.2, 0.25) is 10.0 Å². The number of nitrogens with one attached hydrogen (secondary N) is 1. The highest BCUT2D eigenvalue weighted by Gasteiger charge is 2.27. The van der Waals surface area contributed by atoms with E-state index in [1.165, 1.54) is 0 Å². The van der Waals surface area contributed by atoms with Crippen LogP contribution in [0.3, 0.4) is 0 Å². The summed E-state index contributed by atoms with van der Waals surface area (Å²) in [5.74, 6) is 0. The number of hydrogen-bond acceptors (Lipinski definition) is 3. The Balaban J connectivity index is 2.21. The molecule has 1 fully saturated rings. The summed E-state index contributed by atoms with van der Waals surface area (Å²) in [4.78, 5) is 0.305. The fourth-order valence-electron chi connectivity index (χ4n) is 2.79. The lowest BCUT2D eigenvalue weighted by Crippen LogP contribution is -2.42. The van der Waals surface area contributed by atoms with Crippen LogP contribution < -0.4 is 4.72 Å². The molecule has 4 nitrogen and oxygen atoms in total. The molecule has 2 atom stereocenters. The van der Waals surface area contributed by atoms with Gasteiger partial charge >= 0.3 is 0 Å². The van der Waals surface area contributed by atoms with E-state index >= 15 is 0 Å². The molecule has 1 aromatic carbocycles. The van der Waals surface area contributed by atoms with E-state index in [9.17, 15) is 13.5 Å². The van der Waals surface area contributed by atoms with Gasteiger partial charge in [-0.05, 0) is 38.3 Å². The highest BCUT2D eigenvalue weighted by Crippen LogP contribution is 2.22. The van der Waals surface area contributed by atoms with Crippen molar-refractivity contribution in [3.8, 4) is 0 Å². The summed E-state index contributed by atoms with van der Waals surface area (Å²) in [5, 5.41) is 10.0. The average molecular weight is 297 g/mol. The zero-order valence-corrected chi connectivity index (χ0v) is 12.9. The van der Waals surface area contributed by atoms with Gasteiger partial charge in [-0.25, -0.2) is 13.1 Å². The van der Waals surface area contributed by atoms with Crippen LogP contribution >= 0.6 is 0 Å². The highest BCUT2D eigenvalue weighted by molar-refractivity contribution is 7.89. The SMILES string of the molecule is Cc1ccc(S(=O)(=O)NC2CCCCCC2O)c(C)c1. The molecule has 1 aliphatic carbocycles. The molecule has 2 unspecified atom stereocenters. The summed E-state index contributed by atoms with van der Waals surface area (Å²) in [7, 11) is -3.57. The van der Waals surface area contributed by atoms with Gasteiger partial charge in [-0.2, -0.15) is 0 Å². The van der Waals surface area contributed by atoms with E-state index in [0.29, 0.717) is 17.7 Å². The van der Waals surface area contributed by atoms with Gasteiger partial charge in [-0.1, -0.05) is 37.0 Å². The second kappa shape index (κ2) is 6.24. The first-order valence-electron chi connectivity index (χ1n) is 7.18. The third kappa shape index (κ3) is 3.59. The fourth-order valence-corrected chi connectivity index (χ4v) is 4.32. The van der Waals surface area contributed by atoms with E-state index in [1.54, 1.807) is 19.1 Å². The summed E-state index contributed by atoms with van der Waals surface area (Å²) in [6, 6.07) is 4.92. The molecule has 0 aromatic heterocycles. The molecule has 0 saturated heterocycles. The molecule has 0 aliphatic heterocycles. The first-order valence-corrected chi connectivity index (χ1v) is 8.66. The normalized spacial score (nSPS) is 24.4. The Morgan fingerprint density at radius 3 is 2.55 bits per heavy atom. The number of aliphatic hydroxyl groups is 1. The van der Waals surface area contributed by atoms with E-state index in [0.717, 1.165) is 30.4 Å². The molecule has 0 bridgehead atoms. The minimum Gasteiger partial charge on any atom is -0.391 e. The monoisotopic (exact) mass is 297 g/mol. The number of aryl methyl sites for hydroxylation is 2. The molecular weight excluding hydrogens is 274 g/mol. The third-order valence-electron chi connectivity index (χ3n) is 3.91. The second-order valence-electron chi connectivity index (χ2n) is 5.70. The summed E-state index contributed by atoms with van der Waals surface area (Å²) in [6.07, 6.45) is 3.75. The van der Waals surface area contributed by atoms with E-state index in [1.807, 2.05) is 13.0 Å². The largest absolute Gasteiger partial charge is 0.391 e. The van der Waals surface area contributed by atoms with Crippen LogP contribution in [0.25, 0.3) is 0 Å². The number of benzene rings is 1. The van der Waals surface area contributed by atoms with Crippen molar-refractivity contribution in [2.75, 3.05) is 0 Å². The van der Waals surface area contributed by atoms with Gasteiger partial charge in [0.15, 0.2) is 0 Å². The molecule has 1 aliphatic rings. The van der Waals surface area contributed by atoms with Crippen molar-refractivity contribution in [2.24, 2.45) is 0 Å². The van der Waals surface area contributed by atoms with E-state index in [-0.39, 0.29) is 6.04 Å². The number of rotatable bonds is 3. The first-order chi connectivity index (χ1) is 9.40. The van der Waals surface area contributed by atoms with Crippen molar-refractivity contribution in [3.63, 3.8) is 0 Å². The zero-order valence-electron chi connectivity index (χ0n) is 12.1. The quantitative estimate of drug-likeness (QED) is 0.841. The Hall–Kier alpha value is -0.910. The summed E-state index contributed by atoms with van der Waals surface area (Å²) >= 11 is 0. The van der Waals surface area contributed by atoms with E-state index in [2.05, 4.69) is 4.72 Å². The molecule has 0 spiro atoms. The molecule has 0 radical (unpaired) electrons. The molecule has 5 heteroatoms. The van der Waals surface area contributed by atoms with Crippen LogP contribution in [0.4, 0.5) is 0 Å². The fraction of sp³-hybridized carbons (Fsp3) is 0.600. The van der Waals surface area contributed by atoms with Gasteiger partial charge < -0.3 is 5.11 Å². The van der Waals surface area contributed by atoms with Crippen LogP contribution in [0.5, 0.6) is 0 Å². The lowest BCUT2D eigenvalue weighted by atomic mass is 10.1. The first kappa shape index (κ1) is 15.5. The Morgan fingerprint density at radius 2 is 1.85 bits per heavy atom. The van der Waals surface area contributed by atoms with Gasteiger partial charge in [0.25, 0.3) is 0 Å². The predicted molar refractivity (Wildman–Crippen MR) is 79.1 cm³/mol. The summed E-state index contributed by atoms with van der Waals surface area (Å²) in [6.45, 7) is 3.73. The Kier molecular flexibility index (Phi) is 4.83. The van der Waals surface area contributed by atoms with Gasteiger partial charge in [-0.3, -0.25) is 0 Å². The maximum Gasteiger partial charge on any atom is 0.241 e. The van der Waals surface area contributed by atoms with Gasteiger partial charge in [-0.15, -0.1) is 0 Å². The summed E-state index contributed by atoms with van der Waals surface area (Å²) < 4.78 is 27.6. The molecule has 20 heavy (non-hydrogen) atoms. The van der Waals surface area contributed by atoms with E-state index in [4.69, 9.17) is 0 Å². The highest BCUT2D eigenvalue weighted by atomic mass is 32.2. The van der Waals surface area contributed by atoms with Crippen molar-refractivity contribution < 1.29 is 13.5 Å².